The lowest BCUT2D eigenvalue weighted by Crippen LogP contribution is -2.18. The van der Waals surface area contributed by atoms with Crippen LogP contribution in [0.4, 0.5) is 15.8 Å². The smallest absolute Gasteiger partial charge is 0.225 e. The first-order valence-corrected chi connectivity index (χ1v) is 7.00. The number of carbonyl (C=O) groups is 1. The highest BCUT2D eigenvalue weighted by atomic mass is 32.2. The molecule has 0 bridgehead atoms. The summed E-state index contributed by atoms with van der Waals surface area (Å²) in [6.45, 7) is 3.68. The second-order valence-corrected chi connectivity index (χ2v) is 6.28. The Bertz CT molecular complexity index is 463. The highest BCUT2D eigenvalue weighted by molar-refractivity contribution is 7.85. The van der Waals surface area contributed by atoms with E-state index in [4.69, 9.17) is 5.73 Å². The van der Waals surface area contributed by atoms with Gasteiger partial charge >= 0.3 is 0 Å². The number of nitrogen functional groups attached to an aromatic ring is 1. The van der Waals surface area contributed by atoms with Gasteiger partial charge in [0.15, 0.2) is 0 Å². The Kier molecular flexibility index (Phi) is 5.27. The first-order chi connectivity index (χ1) is 8.40. The van der Waals surface area contributed by atoms with E-state index in [1.165, 1.54) is 12.1 Å². The van der Waals surface area contributed by atoms with Gasteiger partial charge < -0.3 is 11.1 Å². The molecule has 6 heteroatoms. The topological polar surface area (TPSA) is 72.2 Å². The number of anilines is 2. The fourth-order valence-corrected chi connectivity index (χ4v) is 2.15. The van der Waals surface area contributed by atoms with E-state index < -0.39 is 16.6 Å². The number of hydrogen-bond acceptors (Lipinski definition) is 3. The minimum Gasteiger partial charge on any atom is -0.397 e. The van der Waals surface area contributed by atoms with Gasteiger partial charge in [-0.05, 0) is 18.2 Å². The zero-order valence-corrected chi connectivity index (χ0v) is 11.2. The lowest BCUT2D eigenvalue weighted by molar-refractivity contribution is -0.115. The molecule has 1 unspecified atom stereocenters. The SMILES string of the molecule is CC(C)S(=O)CCC(=O)Nc1ccc(F)cc1N. The summed E-state index contributed by atoms with van der Waals surface area (Å²) in [4.78, 5) is 11.6. The molecule has 100 valence electrons. The molecule has 0 aromatic heterocycles. The standard InChI is InChI=1S/C12H17FN2O2S/c1-8(2)18(17)6-5-12(16)15-11-4-3-9(13)7-10(11)14/h3-4,7-8H,5-6,14H2,1-2H3,(H,15,16). The number of rotatable bonds is 5. The van der Waals surface area contributed by atoms with Crippen LogP contribution >= 0.6 is 0 Å². The second-order valence-electron chi connectivity index (χ2n) is 4.16. The van der Waals surface area contributed by atoms with Crippen molar-refractivity contribution in [2.75, 3.05) is 16.8 Å². The molecule has 18 heavy (non-hydrogen) atoms. The number of halogens is 1. The van der Waals surface area contributed by atoms with Crippen molar-refractivity contribution in [2.45, 2.75) is 25.5 Å². The number of hydrogen-bond donors (Lipinski definition) is 2. The van der Waals surface area contributed by atoms with E-state index in [0.29, 0.717) is 11.4 Å². The number of nitrogens with one attached hydrogen (secondary N) is 1. The molecule has 0 saturated heterocycles. The summed E-state index contributed by atoms with van der Waals surface area (Å²) < 4.78 is 24.3. The maximum absolute atomic E-state index is 12.8. The molecule has 1 aromatic rings. The maximum Gasteiger partial charge on any atom is 0.225 e. The Hall–Kier alpha value is -1.43. The average Bonchev–Trinajstić information content (AvgIpc) is 2.29. The van der Waals surface area contributed by atoms with Gasteiger partial charge in [-0.3, -0.25) is 9.00 Å². The Morgan fingerprint density at radius 2 is 2.17 bits per heavy atom. The van der Waals surface area contributed by atoms with Crippen molar-refractivity contribution in [1.82, 2.24) is 0 Å². The Balaban J connectivity index is 2.52. The van der Waals surface area contributed by atoms with Crippen LogP contribution in [0.1, 0.15) is 20.3 Å². The van der Waals surface area contributed by atoms with Crippen molar-refractivity contribution in [3.63, 3.8) is 0 Å². The lowest BCUT2D eigenvalue weighted by atomic mass is 10.2. The first kappa shape index (κ1) is 14.6. The third kappa shape index (κ3) is 4.44. The summed E-state index contributed by atoms with van der Waals surface area (Å²) in [6.07, 6.45) is 0.154. The van der Waals surface area contributed by atoms with Gasteiger partial charge in [-0.25, -0.2) is 4.39 Å². The van der Waals surface area contributed by atoms with E-state index in [9.17, 15) is 13.4 Å². The molecule has 0 aliphatic rings. The zero-order valence-electron chi connectivity index (χ0n) is 10.4. The van der Waals surface area contributed by atoms with Crippen LogP contribution in [-0.2, 0) is 15.6 Å². The van der Waals surface area contributed by atoms with E-state index in [0.717, 1.165) is 6.07 Å². The maximum atomic E-state index is 12.8. The third-order valence-corrected chi connectivity index (χ3v) is 4.00. The van der Waals surface area contributed by atoms with Crippen LogP contribution in [0.2, 0.25) is 0 Å². The van der Waals surface area contributed by atoms with E-state index in [2.05, 4.69) is 5.32 Å². The lowest BCUT2D eigenvalue weighted by Gasteiger charge is -2.09. The molecule has 1 rings (SSSR count). The van der Waals surface area contributed by atoms with Gasteiger partial charge in [-0.15, -0.1) is 0 Å². The minimum atomic E-state index is -1.01. The largest absolute Gasteiger partial charge is 0.397 e. The number of nitrogens with two attached hydrogens (primary N) is 1. The summed E-state index contributed by atoms with van der Waals surface area (Å²) in [5.41, 5.74) is 6.11. The highest BCUT2D eigenvalue weighted by Crippen LogP contribution is 2.19. The normalized spacial score (nSPS) is 12.4. The number of carbonyl (C=O) groups excluding carboxylic acids is 1. The molecule has 0 fully saturated rings. The molecule has 1 amide bonds. The van der Waals surface area contributed by atoms with Crippen LogP contribution < -0.4 is 11.1 Å². The third-order valence-electron chi connectivity index (χ3n) is 2.34. The van der Waals surface area contributed by atoms with Gasteiger partial charge in [0.05, 0.1) is 11.4 Å². The van der Waals surface area contributed by atoms with E-state index >= 15 is 0 Å². The van der Waals surface area contributed by atoms with Crippen LogP contribution in [-0.4, -0.2) is 21.1 Å². The number of amides is 1. The summed E-state index contributed by atoms with van der Waals surface area (Å²) >= 11 is 0. The van der Waals surface area contributed by atoms with Crippen molar-refractivity contribution in [2.24, 2.45) is 0 Å². The Morgan fingerprint density at radius 3 is 2.72 bits per heavy atom. The van der Waals surface area contributed by atoms with Crippen molar-refractivity contribution in [1.29, 1.82) is 0 Å². The predicted octanol–water partition coefficient (Wildman–Crippen LogP) is 1.89. The summed E-state index contributed by atoms with van der Waals surface area (Å²) in [7, 11) is -1.01. The van der Waals surface area contributed by atoms with Crippen molar-refractivity contribution >= 4 is 28.1 Å². The molecule has 0 aliphatic carbocycles. The Morgan fingerprint density at radius 1 is 1.50 bits per heavy atom. The monoisotopic (exact) mass is 272 g/mol. The van der Waals surface area contributed by atoms with Crippen LogP contribution in [0.3, 0.4) is 0 Å². The highest BCUT2D eigenvalue weighted by Gasteiger charge is 2.10. The fraction of sp³-hybridized carbons (Fsp3) is 0.417. The molecule has 3 N–H and O–H groups in total. The van der Waals surface area contributed by atoms with Crippen LogP contribution in [0.25, 0.3) is 0 Å². The number of benzene rings is 1. The second kappa shape index (κ2) is 6.49. The first-order valence-electron chi connectivity index (χ1n) is 5.62. The van der Waals surface area contributed by atoms with Crippen LogP contribution in [0.15, 0.2) is 18.2 Å². The van der Waals surface area contributed by atoms with E-state index in [1.54, 1.807) is 0 Å². The van der Waals surface area contributed by atoms with Gasteiger partial charge in [0.1, 0.15) is 5.82 Å². The average molecular weight is 272 g/mol. The molecule has 1 atom stereocenters. The molecule has 1 aromatic carbocycles. The van der Waals surface area contributed by atoms with E-state index in [1.807, 2.05) is 13.8 Å². The van der Waals surface area contributed by atoms with Crippen molar-refractivity contribution < 1.29 is 13.4 Å². The van der Waals surface area contributed by atoms with Crippen LogP contribution in [0.5, 0.6) is 0 Å². The van der Waals surface area contributed by atoms with Crippen molar-refractivity contribution in [3.05, 3.63) is 24.0 Å². The van der Waals surface area contributed by atoms with Gasteiger partial charge in [-0.2, -0.15) is 0 Å². The molecular weight excluding hydrogens is 255 g/mol. The molecule has 0 heterocycles. The van der Waals surface area contributed by atoms with Gasteiger partial charge in [0.2, 0.25) is 5.91 Å². The molecular formula is C12H17FN2O2S. The van der Waals surface area contributed by atoms with Gasteiger partial charge in [-0.1, -0.05) is 13.8 Å². The summed E-state index contributed by atoms with van der Waals surface area (Å²) in [6, 6.07) is 3.77. The predicted molar refractivity (Wildman–Crippen MR) is 72.2 cm³/mol. The molecule has 0 radical (unpaired) electrons. The van der Waals surface area contributed by atoms with E-state index in [-0.39, 0.29) is 23.3 Å². The molecule has 0 aliphatic heterocycles. The summed E-state index contributed by atoms with van der Waals surface area (Å²) in [5.74, 6) is -0.418. The Labute approximate surface area is 108 Å². The fourth-order valence-electron chi connectivity index (χ4n) is 1.29. The molecule has 0 saturated carbocycles. The zero-order chi connectivity index (χ0) is 13.7. The quantitative estimate of drug-likeness (QED) is 0.804. The summed E-state index contributed by atoms with van der Waals surface area (Å²) in [5, 5.41) is 2.60. The van der Waals surface area contributed by atoms with Gasteiger partial charge in [0.25, 0.3) is 0 Å². The minimum absolute atomic E-state index is 0.0358. The molecule has 0 spiro atoms. The van der Waals surface area contributed by atoms with Gasteiger partial charge in [0, 0.05) is 28.2 Å². The van der Waals surface area contributed by atoms with Crippen LogP contribution in [0, 0.1) is 5.82 Å². The van der Waals surface area contributed by atoms with Crippen molar-refractivity contribution in [3.8, 4) is 0 Å². The molecule has 4 nitrogen and oxygen atoms in total.